The Morgan fingerprint density at radius 1 is 0.800 bits per heavy atom. The van der Waals surface area contributed by atoms with Crippen LogP contribution in [0.1, 0.15) is 27.0 Å². The Bertz CT molecular complexity index is 1350. The quantitative estimate of drug-likeness (QED) is 0.321. The Labute approximate surface area is 210 Å². The maximum Gasteiger partial charge on any atom is 0.255 e. The molecule has 0 unspecified atom stereocenters. The largest absolute Gasteiger partial charge is 0.322 e. The van der Waals surface area contributed by atoms with Gasteiger partial charge in [-0.25, -0.2) is 0 Å². The van der Waals surface area contributed by atoms with E-state index in [1.807, 2.05) is 96.8 Å². The molecule has 0 saturated heterocycles. The summed E-state index contributed by atoms with van der Waals surface area (Å²) < 4.78 is 0. The molecule has 174 valence electrons. The SMILES string of the molecule is Cc1ccccc1C(=O)Nc1cccc(SCC(=O)N2c3ccccc3CCc3ccccc32)c1. The average molecular weight is 479 g/mol. The van der Waals surface area contributed by atoms with Gasteiger partial charge in [0.05, 0.1) is 17.1 Å². The van der Waals surface area contributed by atoms with E-state index in [-0.39, 0.29) is 17.6 Å². The molecule has 1 heterocycles. The van der Waals surface area contributed by atoms with Gasteiger partial charge >= 0.3 is 0 Å². The summed E-state index contributed by atoms with van der Waals surface area (Å²) in [4.78, 5) is 29.1. The summed E-state index contributed by atoms with van der Waals surface area (Å²) in [5.41, 5.74) is 6.58. The second-order valence-electron chi connectivity index (χ2n) is 8.57. The van der Waals surface area contributed by atoms with E-state index in [1.54, 1.807) is 0 Å². The molecule has 1 aliphatic rings. The molecular weight excluding hydrogens is 452 g/mol. The molecular formula is C30H26N2O2S. The van der Waals surface area contributed by atoms with Crippen molar-refractivity contribution in [2.24, 2.45) is 0 Å². The van der Waals surface area contributed by atoms with Gasteiger partial charge in [-0.1, -0.05) is 60.7 Å². The normalized spacial score (nSPS) is 12.3. The fourth-order valence-electron chi connectivity index (χ4n) is 4.45. The van der Waals surface area contributed by atoms with Gasteiger partial charge in [-0.3, -0.25) is 14.5 Å². The van der Waals surface area contributed by atoms with Crippen molar-refractivity contribution in [3.63, 3.8) is 0 Å². The molecule has 4 aromatic rings. The minimum absolute atomic E-state index is 0.0335. The Hall–Kier alpha value is -3.83. The zero-order valence-electron chi connectivity index (χ0n) is 19.5. The number of carbonyl (C=O) groups is 2. The number of hydrogen-bond acceptors (Lipinski definition) is 3. The summed E-state index contributed by atoms with van der Waals surface area (Å²) in [6, 6.07) is 31.5. The highest BCUT2D eigenvalue weighted by atomic mass is 32.2. The van der Waals surface area contributed by atoms with Gasteiger partial charge in [0.25, 0.3) is 5.91 Å². The molecule has 1 N–H and O–H groups in total. The van der Waals surface area contributed by atoms with E-state index in [0.29, 0.717) is 11.3 Å². The molecule has 5 heteroatoms. The van der Waals surface area contributed by atoms with Crippen LogP contribution in [0, 0.1) is 6.92 Å². The van der Waals surface area contributed by atoms with Crippen molar-refractivity contribution >= 4 is 40.6 Å². The van der Waals surface area contributed by atoms with Crippen molar-refractivity contribution in [2.45, 2.75) is 24.7 Å². The summed E-state index contributed by atoms with van der Waals surface area (Å²) in [6.45, 7) is 1.92. The summed E-state index contributed by atoms with van der Waals surface area (Å²) in [6.07, 6.45) is 1.82. The molecule has 5 rings (SSSR count). The molecule has 0 fully saturated rings. The molecule has 0 bridgehead atoms. The fourth-order valence-corrected chi connectivity index (χ4v) is 5.25. The number of benzene rings is 4. The lowest BCUT2D eigenvalue weighted by molar-refractivity contribution is -0.115. The number of hydrogen-bond donors (Lipinski definition) is 1. The first-order valence-electron chi connectivity index (χ1n) is 11.7. The van der Waals surface area contributed by atoms with Gasteiger partial charge < -0.3 is 5.32 Å². The monoisotopic (exact) mass is 478 g/mol. The van der Waals surface area contributed by atoms with Crippen LogP contribution in [0.5, 0.6) is 0 Å². The number of anilines is 3. The van der Waals surface area contributed by atoms with Gasteiger partial charge in [0, 0.05) is 16.1 Å². The van der Waals surface area contributed by atoms with Gasteiger partial charge in [-0.15, -0.1) is 11.8 Å². The number of carbonyl (C=O) groups excluding carboxylic acids is 2. The Morgan fingerprint density at radius 2 is 1.43 bits per heavy atom. The fraction of sp³-hybridized carbons (Fsp3) is 0.133. The summed E-state index contributed by atoms with van der Waals surface area (Å²) in [5, 5.41) is 2.98. The first-order chi connectivity index (χ1) is 17.1. The lowest BCUT2D eigenvalue weighted by Gasteiger charge is -2.25. The van der Waals surface area contributed by atoms with Crippen LogP contribution in [0.3, 0.4) is 0 Å². The predicted octanol–water partition coefficient (Wildman–Crippen LogP) is 6.80. The van der Waals surface area contributed by atoms with E-state index in [9.17, 15) is 9.59 Å². The molecule has 4 aromatic carbocycles. The number of nitrogens with zero attached hydrogens (tertiary/aromatic N) is 1. The molecule has 4 nitrogen and oxygen atoms in total. The lowest BCUT2D eigenvalue weighted by Crippen LogP contribution is -2.28. The van der Waals surface area contributed by atoms with Crippen molar-refractivity contribution in [3.05, 3.63) is 119 Å². The highest BCUT2D eigenvalue weighted by Gasteiger charge is 2.25. The third-order valence-electron chi connectivity index (χ3n) is 6.22. The number of para-hydroxylation sites is 2. The van der Waals surface area contributed by atoms with Gasteiger partial charge in [0.15, 0.2) is 0 Å². The van der Waals surface area contributed by atoms with Crippen molar-refractivity contribution < 1.29 is 9.59 Å². The van der Waals surface area contributed by atoms with E-state index >= 15 is 0 Å². The second-order valence-corrected chi connectivity index (χ2v) is 9.62. The van der Waals surface area contributed by atoms with E-state index in [2.05, 4.69) is 17.4 Å². The number of fused-ring (bicyclic) bond motifs is 2. The molecule has 0 aliphatic carbocycles. The summed E-state index contributed by atoms with van der Waals surface area (Å²) >= 11 is 1.48. The molecule has 0 saturated carbocycles. The van der Waals surface area contributed by atoms with Crippen LogP contribution < -0.4 is 10.2 Å². The Balaban J connectivity index is 1.33. The third-order valence-corrected chi connectivity index (χ3v) is 7.20. The smallest absolute Gasteiger partial charge is 0.255 e. The van der Waals surface area contributed by atoms with Crippen molar-refractivity contribution in [1.29, 1.82) is 0 Å². The zero-order chi connectivity index (χ0) is 24.2. The molecule has 0 spiro atoms. The van der Waals surface area contributed by atoms with E-state index in [1.165, 1.54) is 22.9 Å². The van der Waals surface area contributed by atoms with Crippen LogP contribution in [0.4, 0.5) is 17.1 Å². The van der Waals surface area contributed by atoms with Crippen LogP contribution in [-0.2, 0) is 17.6 Å². The van der Waals surface area contributed by atoms with E-state index < -0.39 is 0 Å². The summed E-state index contributed by atoms with van der Waals surface area (Å²) in [5.74, 6) is 0.183. The standard InChI is InChI=1S/C30H26N2O2S/c1-21-9-2-5-14-26(21)30(34)31-24-12-8-13-25(19-24)35-20-29(33)32-27-15-6-3-10-22(27)17-18-23-11-4-7-16-28(23)32/h2-16,19H,17-18,20H2,1H3,(H,31,34). The molecule has 2 amide bonds. The van der Waals surface area contributed by atoms with Gasteiger partial charge in [-0.2, -0.15) is 0 Å². The zero-order valence-corrected chi connectivity index (χ0v) is 20.3. The maximum absolute atomic E-state index is 13.6. The minimum Gasteiger partial charge on any atom is -0.322 e. The minimum atomic E-state index is -0.140. The predicted molar refractivity (Wildman–Crippen MR) is 144 cm³/mol. The number of thioether (sulfide) groups is 1. The highest BCUT2D eigenvalue weighted by molar-refractivity contribution is 8.00. The summed E-state index contributed by atoms with van der Waals surface area (Å²) in [7, 11) is 0. The third kappa shape index (κ3) is 5.00. The Morgan fingerprint density at radius 3 is 2.11 bits per heavy atom. The number of amides is 2. The lowest BCUT2D eigenvalue weighted by atomic mass is 10.0. The maximum atomic E-state index is 13.6. The van der Waals surface area contributed by atoms with Crippen LogP contribution in [0.2, 0.25) is 0 Å². The molecule has 0 aromatic heterocycles. The topological polar surface area (TPSA) is 49.4 Å². The second kappa shape index (κ2) is 10.2. The van der Waals surface area contributed by atoms with Crippen molar-refractivity contribution in [2.75, 3.05) is 16.0 Å². The molecule has 1 aliphatic heterocycles. The Kier molecular flexibility index (Phi) is 6.68. The first-order valence-corrected chi connectivity index (χ1v) is 12.7. The van der Waals surface area contributed by atoms with Crippen molar-refractivity contribution in [1.82, 2.24) is 0 Å². The van der Waals surface area contributed by atoms with Crippen LogP contribution in [0.15, 0.2) is 102 Å². The van der Waals surface area contributed by atoms with Crippen LogP contribution >= 0.6 is 11.8 Å². The molecule has 0 atom stereocenters. The first kappa shape index (κ1) is 22.9. The van der Waals surface area contributed by atoms with Gasteiger partial charge in [-0.05, 0) is 72.9 Å². The van der Waals surface area contributed by atoms with Gasteiger partial charge in [0.2, 0.25) is 5.91 Å². The number of nitrogens with one attached hydrogen (secondary N) is 1. The molecule has 0 radical (unpaired) electrons. The van der Waals surface area contributed by atoms with E-state index in [4.69, 9.17) is 0 Å². The van der Waals surface area contributed by atoms with Crippen LogP contribution in [-0.4, -0.2) is 17.6 Å². The van der Waals surface area contributed by atoms with Crippen LogP contribution in [0.25, 0.3) is 0 Å². The number of aryl methyl sites for hydroxylation is 3. The highest BCUT2D eigenvalue weighted by Crippen LogP contribution is 2.37. The molecule has 35 heavy (non-hydrogen) atoms. The van der Waals surface area contributed by atoms with E-state index in [0.717, 1.165) is 34.7 Å². The van der Waals surface area contributed by atoms with Gasteiger partial charge in [0.1, 0.15) is 0 Å². The van der Waals surface area contributed by atoms with Crippen molar-refractivity contribution in [3.8, 4) is 0 Å². The average Bonchev–Trinajstić information content (AvgIpc) is 3.05. The number of rotatable bonds is 5.